The smallest absolute Gasteiger partial charge is 0.0421 e. The molecule has 0 amide bonds. The molecule has 1 N–H and O–H groups in total. The molecule has 1 aliphatic carbocycles. The van der Waals surface area contributed by atoms with Gasteiger partial charge in [-0.25, -0.2) is 0 Å². The van der Waals surface area contributed by atoms with Crippen LogP contribution in [0.5, 0.6) is 0 Å². The zero-order chi connectivity index (χ0) is 8.44. The number of nitrogens with zero attached hydrogens (tertiary/aromatic N) is 1. The number of nitrogens with one attached hydrogen (secondary N) is 1. The summed E-state index contributed by atoms with van der Waals surface area (Å²) in [6.07, 6.45) is 5.52. The van der Waals surface area contributed by atoms with E-state index < -0.39 is 0 Å². The third-order valence-corrected chi connectivity index (χ3v) is 2.63. The zero-order valence-electron chi connectivity index (χ0n) is 7.38. The largest absolute Gasteiger partial charge is 0.314 e. The SMILES string of the molecule is CNC1(Cc2ccccn2)CC1. The van der Waals surface area contributed by atoms with E-state index in [0.29, 0.717) is 5.54 Å². The summed E-state index contributed by atoms with van der Waals surface area (Å²) >= 11 is 0. The lowest BCUT2D eigenvalue weighted by Gasteiger charge is -2.12. The van der Waals surface area contributed by atoms with Gasteiger partial charge in [0.05, 0.1) is 0 Å². The molecule has 1 heterocycles. The first-order valence-electron chi connectivity index (χ1n) is 4.43. The summed E-state index contributed by atoms with van der Waals surface area (Å²) in [4.78, 5) is 4.31. The van der Waals surface area contributed by atoms with Gasteiger partial charge in [0.15, 0.2) is 0 Å². The van der Waals surface area contributed by atoms with Crippen molar-refractivity contribution in [1.82, 2.24) is 10.3 Å². The lowest BCUT2D eigenvalue weighted by molar-refractivity contribution is 0.542. The van der Waals surface area contributed by atoms with Crippen LogP contribution >= 0.6 is 0 Å². The standard InChI is InChI=1S/C10H14N2/c1-11-10(5-6-10)8-9-4-2-3-7-12-9/h2-4,7,11H,5-6,8H2,1H3. The van der Waals surface area contributed by atoms with Gasteiger partial charge < -0.3 is 5.32 Å². The normalized spacial score (nSPS) is 19.1. The van der Waals surface area contributed by atoms with E-state index in [-0.39, 0.29) is 0 Å². The summed E-state index contributed by atoms with van der Waals surface area (Å²) in [6, 6.07) is 6.11. The van der Waals surface area contributed by atoms with Gasteiger partial charge in [0, 0.05) is 23.9 Å². The second-order valence-electron chi connectivity index (χ2n) is 3.53. The fourth-order valence-corrected chi connectivity index (χ4v) is 1.52. The highest BCUT2D eigenvalue weighted by atomic mass is 15.0. The minimum absolute atomic E-state index is 0.383. The van der Waals surface area contributed by atoms with Crippen LogP contribution in [0.2, 0.25) is 0 Å². The van der Waals surface area contributed by atoms with Crippen molar-refractivity contribution >= 4 is 0 Å². The van der Waals surface area contributed by atoms with E-state index in [1.165, 1.54) is 18.5 Å². The average molecular weight is 162 g/mol. The van der Waals surface area contributed by atoms with E-state index >= 15 is 0 Å². The first kappa shape index (κ1) is 7.74. The Morgan fingerprint density at radius 1 is 1.50 bits per heavy atom. The molecule has 1 aromatic rings. The van der Waals surface area contributed by atoms with Crippen LogP contribution in [0.3, 0.4) is 0 Å². The van der Waals surface area contributed by atoms with Gasteiger partial charge in [-0.1, -0.05) is 6.07 Å². The van der Waals surface area contributed by atoms with Crippen LogP contribution in [0.4, 0.5) is 0 Å². The Morgan fingerprint density at radius 2 is 2.33 bits per heavy atom. The summed E-state index contributed by atoms with van der Waals surface area (Å²) in [5.41, 5.74) is 1.58. The maximum atomic E-state index is 4.31. The van der Waals surface area contributed by atoms with Gasteiger partial charge in [-0.2, -0.15) is 0 Å². The molecule has 0 bridgehead atoms. The Kier molecular flexibility index (Phi) is 1.85. The van der Waals surface area contributed by atoms with Crippen LogP contribution in [-0.2, 0) is 6.42 Å². The second-order valence-corrected chi connectivity index (χ2v) is 3.53. The molecule has 1 aliphatic rings. The monoisotopic (exact) mass is 162 g/mol. The highest BCUT2D eigenvalue weighted by Crippen LogP contribution is 2.37. The highest BCUT2D eigenvalue weighted by molar-refractivity contribution is 5.13. The molecule has 0 spiro atoms. The van der Waals surface area contributed by atoms with Crippen LogP contribution < -0.4 is 5.32 Å². The zero-order valence-corrected chi connectivity index (χ0v) is 7.38. The topological polar surface area (TPSA) is 24.9 Å². The molecule has 2 rings (SSSR count). The fourth-order valence-electron chi connectivity index (χ4n) is 1.52. The minimum Gasteiger partial charge on any atom is -0.314 e. The summed E-state index contributed by atoms with van der Waals surface area (Å²) in [7, 11) is 2.04. The Bertz CT molecular complexity index is 252. The van der Waals surface area contributed by atoms with Crippen LogP contribution in [0, 0.1) is 0 Å². The van der Waals surface area contributed by atoms with Gasteiger partial charge in [-0.3, -0.25) is 4.98 Å². The quantitative estimate of drug-likeness (QED) is 0.726. The molecule has 0 unspecified atom stereocenters. The lowest BCUT2D eigenvalue weighted by atomic mass is 10.1. The summed E-state index contributed by atoms with van der Waals surface area (Å²) in [6.45, 7) is 0. The highest BCUT2D eigenvalue weighted by Gasteiger charge is 2.40. The lowest BCUT2D eigenvalue weighted by Crippen LogP contribution is -2.29. The third-order valence-electron chi connectivity index (χ3n) is 2.63. The molecule has 0 aromatic carbocycles. The number of rotatable bonds is 3. The number of pyridine rings is 1. The van der Waals surface area contributed by atoms with Crippen molar-refractivity contribution in [2.24, 2.45) is 0 Å². The first-order valence-corrected chi connectivity index (χ1v) is 4.43. The van der Waals surface area contributed by atoms with Crippen LogP contribution in [-0.4, -0.2) is 17.6 Å². The Hall–Kier alpha value is -0.890. The van der Waals surface area contributed by atoms with Crippen molar-refractivity contribution < 1.29 is 0 Å². The summed E-state index contributed by atoms with van der Waals surface area (Å²) in [5, 5.41) is 3.36. The van der Waals surface area contributed by atoms with E-state index in [2.05, 4.69) is 16.4 Å². The van der Waals surface area contributed by atoms with E-state index in [1.54, 1.807) is 0 Å². The molecule has 1 saturated carbocycles. The summed E-state index contributed by atoms with van der Waals surface area (Å²) < 4.78 is 0. The molecule has 0 atom stereocenters. The molecule has 12 heavy (non-hydrogen) atoms. The summed E-state index contributed by atoms with van der Waals surface area (Å²) in [5.74, 6) is 0. The van der Waals surface area contributed by atoms with Crippen molar-refractivity contribution in [2.75, 3.05) is 7.05 Å². The number of hydrogen-bond acceptors (Lipinski definition) is 2. The van der Waals surface area contributed by atoms with Gasteiger partial charge in [0.2, 0.25) is 0 Å². The van der Waals surface area contributed by atoms with E-state index in [1.807, 2.05) is 25.4 Å². The molecule has 0 saturated heterocycles. The Balaban J connectivity index is 2.04. The third kappa shape index (κ3) is 1.48. The molecule has 0 aliphatic heterocycles. The molecular weight excluding hydrogens is 148 g/mol. The first-order chi connectivity index (χ1) is 5.85. The Morgan fingerprint density at radius 3 is 2.83 bits per heavy atom. The van der Waals surface area contributed by atoms with Crippen molar-refractivity contribution in [3.63, 3.8) is 0 Å². The van der Waals surface area contributed by atoms with Gasteiger partial charge in [0.1, 0.15) is 0 Å². The molecule has 0 radical (unpaired) electrons. The molecular formula is C10H14N2. The van der Waals surface area contributed by atoms with Gasteiger partial charge >= 0.3 is 0 Å². The number of hydrogen-bond donors (Lipinski definition) is 1. The van der Waals surface area contributed by atoms with E-state index in [0.717, 1.165) is 6.42 Å². The van der Waals surface area contributed by atoms with Crippen LogP contribution in [0.15, 0.2) is 24.4 Å². The molecule has 2 heteroatoms. The van der Waals surface area contributed by atoms with E-state index in [4.69, 9.17) is 0 Å². The van der Waals surface area contributed by atoms with Crippen molar-refractivity contribution in [3.05, 3.63) is 30.1 Å². The van der Waals surface area contributed by atoms with Crippen molar-refractivity contribution in [1.29, 1.82) is 0 Å². The van der Waals surface area contributed by atoms with Crippen LogP contribution in [0.25, 0.3) is 0 Å². The maximum absolute atomic E-state index is 4.31. The van der Waals surface area contributed by atoms with Crippen molar-refractivity contribution in [3.8, 4) is 0 Å². The van der Waals surface area contributed by atoms with Crippen LogP contribution in [0.1, 0.15) is 18.5 Å². The predicted molar refractivity (Wildman–Crippen MR) is 49.0 cm³/mol. The van der Waals surface area contributed by atoms with Crippen molar-refractivity contribution in [2.45, 2.75) is 24.8 Å². The van der Waals surface area contributed by atoms with Gasteiger partial charge in [0.25, 0.3) is 0 Å². The minimum atomic E-state index is 0.383. The fraction of sp³-hybridized carbons (Fsp3) is 0.500. The van der Waals surface area contributed by atoms with Gasteiger partial charge in [-0.15, -0.1) is 0 Å². The van der Waals surface area contributed by atoms with Gasteiger partial charge in [-0.05, 0) is 32.0 Å². The maximum Gasteiger partial charge on any atom is 0.0421 e. The number of likely N-dealkylation sites (N-methyl/N-ethyl adjacent to an activating group) is 1. The average Bonchev–Trinajstić information content (AvgIpc) is 2.88. The Labute approximate surface area is 73.0 Å². The van der Waals surface area contributed by atoms with E-state index in [9.17, 15) is 0 Å². The molecule has 1 aromatic heterocycles. The second kappa shape index (κ2) is 2.87. The number of aromatic nitrogens is 1. The molecule has 1 fully saturated rings. The molecule has 64 valence electrons. The predicted octanol–water partition coefficient (Wildman–Crippen LogP) is 1.38. The molecule has 2 nitrogen and oxygen atoms in total.